The lowest BCUT2D eigenvalue weighted by Gasteiger charge is -2.17. The molecule has 3 atom stereocenters. The Bertz CT molecular complexity index is 520. The van der Waals surface area contributed by atoms with E-state index in [1.807, 2.05) is 35.2 Å². The SMILES string of the molecule is CCOC(=O)C1(CC(C)[N+](=O)[O-])CN1Cc1ccccc1. The van der Waals surface area contributed by atoms with Crippen molar-refractivity contribution in [1.82, 2.24) is 4.90 Å². The fourth-order valence-corrected chi connectivity index (χ4v) is 2.59. The van der Waals surface area contributed by atoms with E-state index in [0.29, 0.717) is 13.1 Å². The molecule has 0 bridgehead atoms. The summed E-state index contributed by atoms with van der Waals surface area (Å²) >= 11 is 0. The van der Waals surface area contributed by atoms with Gasteiger partial charge in [0.1, 0.15) is 5.54 Å². The average molecular weight is 292 g/mol. The molecule has 1 heterocycles. The lowest BCUT2D eigenvalue weighted by molar-refractivity contribution is -0.519. The van der Waals surface area contributed by atoms with Crippen molar-refractivity contribution >= 4 is 5.97 Å². The van der Waals surface area contributed by atoms with Crippen LogP contribution in [-0.4, -0.2) is 40.5 Å². The van der Waals surface area contributed by atoms with Crippen LogP contribution < -0.4 is 0 Å². The molecule has 114 valence electrons. The van der Waals surface area contributed by atoms with E-state index in [1.165, 1.54) is 6.92 Å². The molecule has 1 aliphatic rings. The van der Waals surface area contributed by atoms with Crippen molar-refractivity contribution in [2.75, 3.05) is 13.2 Å². The third-order valence-electron chi connectivity index (χ3n) is 3.82. The highest BCUT2D eigenvalue weighted by atomic mass is 16.6. The van der Waals surface area contributed by atoms with Crippen LogP contribution in [0.5, 0.6) is 0 Å². The van der Waals surface area contributed by atoms with Gasteiger partial charge in [0.05, 0.1) is 6.61 Å². The van der Waals surface area contributed by atoms with Crippen LogP contribution in [0.25, 0.3) is 0 Å². The highest BCUT2D eigenvalue weighted by Gasteiger charge is 2.61. The van der Waals surface area contributed by atoms with Gasteiger partial charge in [0.2, 0.25) is 6.04 Å². The monoisotopic (exact) mass is 292 g/mol. The van der Waals surface area contributed by atoms with Crippen molar-refractivity contribution in [3.8, 4) is 0 Å². The highest BCUT2D eigenvalue weighted by Crippen LogP contribution is 2.40. The van der Waals surface area contributed by atoms with Gasteiger partial charge in [-0.25, -0.2) is 4.79 Å². The fraction of sp³-hybridized carbons (Fsp3) is 0.533. The van der Waals surface area contributed by atoms with Gasteiger partial charge in [-0.3, -0.25) is 15.0 Å². The molecule has 1 aromatic rings. The van der Waals surface area contributed by atoms with E-state index in [0.717, 1.165) is 5.56 Å². The maximum Gasteiger partial charge on any atom is 0.328 e. The summed E-state index contributed by atoms with van der Waals surface area (Å²) in [4.78, 5) is 24.7. The Kier molecular flexibility index (Phi) is 4.57. The van der Waals surface area contributed by atoms with E-state index in [1.54, 1.807) is 6.92 Å². The van der Waals surface area contributed by atoms with E-state index in [-0.39, 0.29) is 23.9 Å². The molecule has 6 nitrogen and oxygen atoms in total. The molecule has 0 amide bonds. The first-order chi connectivity index (χ1) is 9.99. The summed E-state index contributed by atoms with van der Waals surface area (Å²) < 4.78 is 5.11. The summed E-state index contributed by atoms with van der Waals surface area (Å²) in [6.45, 7) is 4.67. The molecule has 0 aliphatic carbocycles. The predicted octanol–water partition coefficient (Wildman–Crippen LogP) is 1.86. The zero-order valence-corrected chi connectivity index (χ0v) is 12.3. The van der Waals surface area contributed by atoms with Gasteiger partial charge in [0.15, 0.2) is 0 Å². The summed E-state index contributed by atoms with van der Waals surface area (Å²) in [5, 5.41) is 10.9. The van der Waals surface area contributed by atoms with E-state index < -0.39 is 11.6 Å². The van der Waals surface area contributed by atoms with Crippen molar-refractivity contribution < 1.29 is 14.5 Å². The first-order valence-corrected chi connectivity index (χ1v) is 7.09. The molecule has 21 heavy (non-hydrogen) atoms. The molecule has 0 spiro atoms. The topological polar surface area (TPSA) is 72.5 Å². The molecule has 1 aromatic carbocycles. The molecule has 1 aliphatic heterocycles. The summed E-state index contributed by atoms with van der Waals surface area (Å²) in [6, 6.07) is 8.99. The second kappa shape index (κ2) is 6.22. The van der Waals surface area contributed by atoms with Crippen LogP contribution in [-0.2, 0) is 16.1 Å². The third kappa shape index (κ3) is 3.39. The number of hydrogen-bond donors (Lipinski definition) is 0. The summed E-state index contributed by atoms with van der Waals surface area (Å²) in [5.41, 5.74) is 0.246. The summed E-state index contributed by atoms with van der Waals surface area (Å²) in [5.74, 6) is -0.352. The first-order valence-electron chi connectivity index (χ1n) is 7.09. The van der Waals surface area contributed by atoms with Gasteiger partial charge < -0.3 is 4.74 Å². The Labute approximate surface area is 123 Å². The van der Waals surface area contributed by atoms with Gasteiger partial charge in [0.25, 0.3) is 0 Å². The summed E-state index contributed by atoms with van der Waals surface area (Å²) in [6.07, 6.45) is 0.186. The van der Waals surface area contributed by atoms with E-state index in [4.69, 9.17) is 4.74 Å². The number of carbonyl (C=O) groups excluding carboxylic acids is 1. The number of ether oxygens (including phenoxy) is 1. The molecule has 0 radical (unpaired) electrons. The Balaban J connectivity index is 2.09. The molecule has 0 aromatic heterocycles. The Hall–Kier alpha value is -1.95. The quantitative estimate of drug-likeness (QED) is 0.332. The minimum atomic E-state index is -0.835. The Morgan fingerprint density at radius 3 is 2.71 bits per heavy atom. The summed E-state index contributed by atoms with van der Waals surface area (Å²) in [7, 11) is 0. The second-order valence-corrected chi connectivity index (χ2v) is 5.43. The van der Waals surface area contributed by atoms with Crippen molar-refractivity contribution in [3.63, 3.8) is 0 Å². The van der Waals surface area contributed by atoms with Crippen LogP contribution in [0.15, 0.2) is 30.3 Å². The maximum atomic E-state index is 12.2. The first kappa shape index (κ1) is 15.4. The van der Waals surface area contributed by atoms with Crippen LogP contribution in [0.3, 0.4) is 0 Å². The largest absolute Gasteiger partial charge is 0.465 e. The normalized spacial score (nSPS) is 25.1. The lowest BCUT2D eigenvalue weighted by atomic mass is 10.0. The Morgan fingerprint density at radius 1 is 1.48 bits per heavy atom. The van der Waals surface area contributed by atoms with E-state index in [2.05, 4.69) is 0 Å². The van der Waals surface area contributed by atoms with Crippen LogP contribution in [0.2, 0.25) is 0 Å². The zero-order chi connectivity index (χ0) is 15.5. The molecule has 1 saturated heterocycles. The molecule has 0 N–H and O–H groups in total. The number of rotatable bonds is 7. The number of hydrogen-bond acceptors (Lipinski definition) is 5. The molecule has 3 unspecified atom stereocenters. The van der Waals surface area contributed by atoms with Crippen molar-refractivity contribution in [2.24, 2.45) is 0 Å². The second-order valence-electron chi connectivity index (χ2n) is 5.43. The number of nitrogens with zero attached hydrogens (tertiary/aromatic N) is 2. The third-order valence-corrected chi connectivity index (χ3v) is 3.82. The molecule has 0 saturated carbocycles. The van der Waals surface area contributed by atoms with Crippen LogP contribution in [0, 0.1) is 10.1 Å². The predicted molar refractivity (Wildman–Crippen MR) is 77.3 cm³/mol. The Morgan fingerprint density at radius 2 is 2.14 bits per heavy atom. The highest BCUT2D eigenvalue weighted by molar-refractivity contribution is 5.84. The number of carbonyl (C=O) groups is 1. The molecular formula is C15H20N2O4. The molecule has 2 rings (SSSR count). The van der Waals surface area contributed by atoms with Gasteiger partial charge >= 0.3 is 5.97 Å². The van der Waals surface area contributed by atoms with Crippen LogP contribution >= 0.6 is 0 Å². The van der Waals surface area contributed by atoms with Crippen LogP contribution in [0.4, 0.5) is 0 Å². The van der Waals surface area contributed by atoms with E-state index in [9.17, 15) is 14.9 Å². The van der Waals surface area contributed by atoms with Gasteiger partial charge in [-0.1, -0.05) is 30.3 Å². The lowest BCUT2D eigenvalue weighted by Crippen LogP contribution is -2.37. The van der Waals surface area contributed by atoms with Gasteiger partial charge in [0, 0.05) is 31.4 Å². The number of nitro groups is 1. The molecule has 1 fully saturated rings. The number of benzene rings is 1. The standard InChI is InChI=1S/C15H20N2O4/c1-3-21-14(18)15(9-12(2)17(19)20)11-16(15)10-13-7-5-4-6-8-13/h4-8,12H,3,9-11H2,1-2H3. The van der Waals surface area contributed by atoms with Crippen molar-refractivity contribution in [2.45, 2.75) is 38.4 Å². The van der Waals surface area contributed by atoms with Crippen molar-refractivity contribution in [1.29, 1.82) is 0 Å². The maximum absolute atomic E-state index is 12.2. The smallest absolute Gasteiger partial charge is 0.328 e. The fourth-order valence-electron chi connectivity index (χ4n) is 2.59. The molecular weight excluding hydrogens is 272 g/mol. The minimum Gasteiger partial charge on any atom is -0.465 e. The number of esters is 1. The van der Waals surface area contributed by atoms with E-state index >= 15 is 0 Å². The minimum absolute atomic E-state index is 0.186. The van der Waals surface area contributed by atoms with Crippen LogP contribution in [0.1, 0.15) is 25.8 Å². The molecule has 6 heteroatoms. The zero-order valence-electron chi connectivity index (χ0n) is 12.3. The van der Waals surface area contributed by atoms with Crippen molar-refractivity contribution in [3.05, 3.63) is 46.0 Å². The average Bonchev–Trinajstić information content (AvgIpc) is 3.14. The van der Waals surface area contributed by atoms with Gasteiger partial charge in [-0.15, -0.1) is 0 Å². The van der Waals surface area contributed by atoms with Gasteiger partial charge in [-0.05, 0) is 12.5 Å². The van der Waals surface area contributed by atoms with Gasteiger partial charge in [-0.2, -0.15) is 0 Å².